The molecule has 106 valence electrons. The van der Waals surface area contributed by atoms with Crippen molar-refractivity contribution in [2.75, 3.05) is 39.3 Å². The van der Waals surface area contributed by atoms with E-state index in [1.807, 2.05) is 0 Å². The molecule has 1 aliphatic rings. The molecule has 0 saturated carbocycles. The van der Waals surface area contributed by atoms with Gasteiger partial charge in [-0.05, 0) is 44.8 Å². The molecule has 0 amide bonds. The minimum absolute atomic E-state index is 0.751. The first-order valence-corrected chi connectivity index (χ1v) is 7.44. The van der Waals surface area contributed by atoms with Crippen molar-refractivity contribution in [1.82, 2.24) is 9.80 Å². The number of aliphatic imine (C=N–C) groups is 1. The van der Waals surface area contributed by atoms with Crippen LogP contribution in [0.3, 0.4) is 0 Å². The predicted molar refractivity (Wildman–Crippen MR) is 78.9 cm³/mol. The van der Waals surface area contributed by atoms with E-state index < -0.39 is 0 Å². The zero-order valence-corrected chi connectivity index (χ0v) is 12.4. The number of rotatable bonds is 6. The van der Waals surface area contributed by atoms with Gasteiger partial charge in [0.15, 0.2) is 5.96 Å². The zero-order chi connectivity index (χ0) is 13.4. The summed E-state index contributed by atoms with van der Waals surface area (Å²) in [7, 11) is 0. The van der Waals surface area contributed by atoms with Crippen molar-refractivity contribution in [1.29, 1.82) is 0 Å². The molecule has 0 aliphatic carbocycles. The lowest BCUT2D eigenvalue weighted by atomic mass is 10.00. The van der Waals surface area contributed by atoms with Crippen molar-refractivity contribution in [2.24, 2.45) is 16.6 Å². The summed E-state index contributed by atoms with van der Waals surface area (Å²) in [6.07, 6.45) is 3.60. The summed E-state index contributed by atoms with van der Waals surface area (Å²) in [6, 6.07) is 0. The Bertz CT molecular complexity index is 240. The lowest BCUT2D eigenvalue weighted by Gasteiger charge is -2.31. The van der Waals surface area contributed by atoms with E-state index in [1.165, 1.54) is 12.8 Å². The number of hydrogen-bond donors (Lipinski definition) is 1. The molecular weight excluding hydrogens is 224 g/mol. The molecule has 4 heteroatoms. The highest BCUT2D eigenvalue weighted by Gasteiger charge is 2.16. The number of hydrogen-bond acceptors (Lipinski definition) is 2. The number of piperidine rings is 1. The highest BCUT2D eigenvalue weighted by Crippen LogP contribution is 2.15. The maximum absolute atomic E-state index is 6.04. The summed E-state index contributed by atoms with van der Waals surface area (Å²) >= 11 is 0. The van der Waals surface area contributed by atoms with Gasteiger partial charge in [-0.25, -0.2) is 0 Å². The Labute approximate surface area is 112 Å². The zero-order valence-electron chi connectivity index (χ0n) is 12.4. The second-order valence-electron chi connectivity index (χ2n) is 5.29. The normalized spacial score (nSPS) is 18.7. The first-order chi connectivity index (χ1) is 8.67. The average molecular weight is 254 g/mol. The summed E-state index contributed by atoms with van der Waals surface area (Å²) in [6.45, 7) is 13.1. The van der Waals surface area contributed by atoms with Crippen LogP contribution in [0.5, 0.6) is 0 Å². The number of nitrogens with two attached hydrogens (primary N) is 1. The van der Waals surface area contributed by atoms with Gasteiger partial charge < -0.3 is 15.5 Å². The maximum Gasteiger partial charge on any atom is 0.191 e. The molecule has 0 aromatic heterocycles. The monoisotopic (exact) mass is 254 g/mol. The average Bonchev–Trinajstić information content (AvgIpc) is 2.39. The van der Waals surface area contributed by atoms with Gasteiger partial charge in [0.2, 0.25) is 0 Å². The van der Waals surface area contributed by atoms with Gasteiger partial charge in [0, 0.05) is 19.6 Å². The first-order valence-electron chi connectivity index (χ1n) is 7.44. The highest BCUT2D eigenvalue weighted by atomic mass is 15.3. The first kappa shape index (κ1) is 15.3. The largest absolute Gasteiger partial charge is 0.370 e. The summed E-state index contributed by atoms with van der Waals surface area (Å²) < 4.78 is 0. The Morgan fingerprint density at radius 3 is 2.44 bits per heavy atom. The summed E-state index contributed by atoms with van der Waals surface area (Å²) in [5, 5.41) is 0. The van der Waals surface area contributed by atoms with E-state index in [0.29, 0.717) is 0 Å². The van der Waals surface area contributed by atoms with E-state index in [-0.39, 0.29) is 0 Å². The van der Waals surface area contributed by atoms with Crippen LogP contribution in [-0.2, 0) is 0 Å². The molecule has 2 N–H and O–H groups in total. The molecule has 18 heavy (non-hydrogen) atoms. The summed E-state index contributed by atoms with van der Waals surface area (Å²) in [4.78, 5) is 9.17. The van der Waals surface area contributed by atoms with E-state index in [9.17, 15) is 0 Å². The quantitative estimate of drug-likeness (QED) is 0.446. The lowest BCUT2D eigenvalue weighted by Crippen LogP contribution is -2.42. The van der Waals surface area contributed by atoms with Gasteiger partial charge in [-0.2, -0.15) is 0 Å². The standard InChI is InChI=1S/C14H30N4/c1-4-17(5-2)10-6-9-16-14(15)18-11-7-13(3)8-12-18/h13H,4-12H2,1-3H3,(H2,15,16). The van der Waals surface area contributed by atoms with Gasteiger partial charge in [0.25, 0.3) is 0 Å². The third kappa shape index (κ3) is 5.25. The van der Waals surface area contributed by atoms with Gasteiger partial charge in [-0.1, -0.05) is 20.8 Å². The molecule has 1 heterocycles. The molecular formula is C14H30N4. The van der Waals surface area contributed by atoms with Crippen LogP contribution in [0, 0.1) is 5.92 Å². The van der Waals surface area contributed by atoms with E-state index in [1.54, 1.807) is 0 Å². The van der Waals surface area contributed by atoms with Crippen molar-refractivity contribution >= 4 is 5.96 Å². The summed E-state index contributed by atoms with van der Waals surface area (Å²) in [5.41, 5.74) is 6.04. The molecule has 0 atom stereocenters. The van der Waals surface area contributed by atoms with Crippen molar-refractivity contribution in [3.63, 3.8) is 0 Å². The van der Waals surface area contributed by atoms with E-state index in [0.717, 1.165) is 57.6 Å². The highest BCUT2D eigenvalue weighted by molar-refractivity contribution is 5.78. The topological polar surface area (TPSA) is 44.9 Å². The fourth-order valence-corrected chi connectivity index (χ4v) is 2.37. The maximum atomic E-state index is 6.04. The molecule has 4 nitrogen and oxygen atoms in total. The van der Waals surface area contributed by atoms with Gasteiger partial charge in [-0.15, -0.1) is 0 Å². The van der Waals surface area contributed by atoms with Gasteiger partial charge in [0.05, 0.1) is 0 Å². The third-order valence-corrected chi connectivity index (χ3v) is 3.91. The fourth-order valence-electron chi connectivity index (χ4n) is 2.37. The van der Waals surface area contributed by atoms with Crippen LogP contribution in [0.4, 0.5) is 0 Å². The molecule has 1 rings (SSSR count). The van der Waals surface area contributed by atoms with Crippen LogP contribution in [0.1, 0.15) is 40.0 Å². The van der Waals surface area contributed by atoms with Crippen LogP contribution in [0.15, 0.2) is 4.99 Å². The number of guanidine groups is 1. The fraction of sp³-hybridized carbons (Fsp3) is 0.929. The molecule has 1 fully saturated rings. The Morgan fingerprint density at radius 1 is 1.28 bits per heavy atom. The summed E-state index contributed by atoms with van der Waals surface area (Å²) in [5.74, 6) is 1.60. The van der Waals surface area contributed by atoms with E-state index in [4.69, 9.17) is 5.73 Å². The van der Waals surface area contributed by atoms with Crippen molar-refractivity contribution < 1.29 is 0 Å². The van der Waals surface area contributed by atoms with Crippen molar-refractivity contribution in [2.45, 2.75) is 40.0 Å². The minimum atomic E-state index is 0.751. The van der Waals surface area contributed by atoms with Crippen LogP contribution in [-0.4, -0.2) is 55.0 Å². The molecule has 1 saturated heterocycles. The Hall–Kier alpha value is -0.770. The van der Waals surface area contributed by atoms with Crippen LogP contribution in [0.25, 0.3) is 0 Å². The minimum Gasteiger partial charge on any atom is -0.370 e. The Balaban J connectivity index is 2.21. The second-order valence-corrected chi connectivity index (χ2v) is 5.29. The predicted octanol–water partition coefficient (Wildman–Crippen LogP) is 1.76. The molecule has 0 unspecified atom stereocenters. The Morgan fingerprint density at radius 2 is 1.89 bits per heavy atom. The molecule has 0 aromatic rings. The van der Waals surface area contributed by atoms with Crippen LogP contribution >= 0.6 is 0 Å². The number of likely N-dealkylation sites (tertiary alicyclic amines) is 1. The molecule has 0 aromatic carbocycles. The SMILES string of the molecule is CCN(CC)CCCN=C(N)N1CCC(C)CC1. The van der Waals surface area contributed by atoms with E-state index >= 15 is 0 Å². The van der Waals surface area contributed by atoms with Gasteiger partial charge >= 0.3 is 0 Å². The van der Waals surface area contributed by atoms with Gasteiger partial charge in [-0.3, -0.25) is 4.99 Å². The number of nitrogens with zero attached hydrogens (tertiary/aromatic N) is 3. The van der Waals surface area contributed by atoms with Crippen LogP contribution in [0.2, 0.25) is 0 Å². The van der Waals surface area contributed by atoms with Crippen LogP contribution < -0.4 is 5.73 Å². The van der Waals surface area contributed by atoms with Crippen molar-refractivity contribution in [3.8, 4) is 0 Å². The van der Waals surface area contributed by atoms with E-state index in [2.05, 4.69) is 35.6 Å². The van der Waals surface area contributed by atoms with Crippen molar-refractivity contribution in [3.05, 3.63) is 0 Å². The van der Waals surface area contributed by atoms with Gasteiger partial charge in [0.1, 0.15) is 0 Å². The molecule has 1 aliphatic heterocycles. The second kappa shape index (κ2) is 8.35. The third-order valence-electron chi connectivity index (χ3n) is 3.91. The smallest absolute Gasteiger partial charge is 0.191 e. The Kier molecular flexibility index (Phi) is 7.09. The molecule has 0 spiro atoms. The molecule has 0 radical (unpaired) electrons. The molecule has 0 bridgehead atoms. The lowest BCUT2D eigenvalue weighted by molar-refractivity contribution is 0.277.